The predicted octanol–water partition coefficient (Wildman–Crippen LogP) is 4.35. The summed E-state index contributed by atoms with van der Waals surface area (Å²) in [5.74, 6) is 0.798. The Bertz CT molecular complexity index is 1130. The summed E-state index contributed by atoms with van der Waals surface area (Å²) in [6, 6.07) is 15.7. The Morgan fingerprint density at radius 1 is 1.16 bits per heavy atom. The second-order valence-corrected chi connectivity index (χ2v) is 8.13. The largest absolute Gasteiger partial charge is 0.493 e. The SMILES string of the molecule is CCOc1cc(-c2ccc(C)cc2)nc2ccc(C(=O)NCCCN3CCCC3=O)cc12. The maximum Gasteiger partial charge on any atom is 0.251 e. The smallest absolute Gasteiger partial charge is 0.251 e. The highest BCUT2D eigenvalue weighted by atomic mass is 16.5. The molecule has 0 saturated carbocycles. The van der Waals surface area contributed by atoms with Gasteiger partial charge >= 0.3 is 0 Å². The summed E-state index contributed by atoms with van der Waals surface area (Å²) in [4.78, 5) is 31.0. The normalized spacial score (nSPS) is 13.6. The Kier molecular flexibility index (Phi) is 6.69. The molecule has 1 fully saturated rings. The number of pyridine rings is 1. The summed E-state index contributed by atoms with van der Waals surface area (Å²) in [6.45, 7) is 6.58. The number of benzene rings is 2. The number of aryl methyl sites for hydroxylation is 1. The third-order valence-corrected chi connectivity index (χ3v) is 5.74. The van der Waals surface area contributed by atoms with E-state index in [1.165, 1.54) is 5.56 Å². The number of carbonyl (C=O) groups excluding carboxylic acids is 2. The van der Waals surface area contributed by atoms with E-state index in [0.717, 1.165) is 47.3 Å². The number of carbonyl (C=O) groups is 2. The zero-order valence-electron chi connectivity index (χ0n) is 18.7. The minimum Gasteiger partial charge on any atom is -0.493 e. The molecule has 1 aliphatic heterocycles. The third-order valence-electron chi connectivity index (χ3n) is 5.74. The number of nitrogens with zero attached hydrogens (tertiary/aromatic N) is 2. The summed E-state index contributed by atoms with van der Waals surface area (Å²) in [5.41, 5.74) is 4.42. The highest BCUT2D eigenvalue weighted by Gasteiger charge is 2.19. The van der Waals surface area contributed by atoms with Crippen LogP contribution in [0.2, 0.25) is 0 Å². The van der Waals surface area contributed by atoms with Gasteiger partial charge in [-0.2, -0.15) is 0 Å². The molecule has 2 aromatic carbocycles. The average molecular weight is 432 g/mol. The Morgan fingerprint density at radius 3 is 2.69 bits per heavy atom. The lowest BCUT2D eigenvalue weighted by Gasteiger charge is -2.15. The first-order valence-corrected chi connectivity index (χ1v) is 11.3. The average Bonchev–Trinajstić information content (AvgIpc) is 3.21. The molecule has 0 spiro atoms. The molecule has 6 nitrogen and oxygen atoms in total. The van der Waals surface area contributed by atoms with Gasteiger partial charge in [0.05, 0.1) is 17.8 Å². The van der Waals surface area contributed by atoms with Crippen LogP contribution in [0.25, 0.3) is 22.2 Å². The van der Waals surface area contributed by atoms with Crippen LogP contribution in [0.3, 0.4) is 0 Å². The number of hydrogen-bond acceptors (Lipinski definition) is 4. The fourth-order valence-electron chi connectivity index (χ4n) is 4.00. The zero-order valence-corrected chi connectivity index (χ0v) is 18.7. The van der Waals surface area contributed by atoms with E-state index in [4.69, 9.17) is 9.72 Å². The number of rotatable bonds is 8. The van der Waals surface area contributed by atoms with Crippen molar-refractivity contribution >= 4 is 22.7 Å². The standard InChI is InChI=1S/C26H29N3O3/c1-3-32-24-17-23(19-9-7-18(2)8-10-19)28-22-12-11-20(16-21(22)24)26(31)27-13-5-15-29-14-4-6-25(29)30/h7-12,16-17H,3-6,13-15H2,1-2H3,(H,27,31). The molecule has 0 aliphatic carbocycles. The number of ether oxygens (including phenoxy) is 1. The zero-order chi connectivity index (χ0) is 22.5. The molecule has 166 valence electrons. The van der Waals surface area contributed by atoms with Crippen molar-refractivity contribution in [3.8, 4) is 17.0 Å². The molecule has 0 radical (unpaired) electrons. The molecule has 4 rings (SSSR count). The highest BCUT2D eigenvalue weighted by Crippen LogP contribution is 2.31. The molecule has 1 aliphatic rings. The van der Waals surface area contributed by atoms with Gasteiger partial charge < -0.3 is 15.0 Å². The van der Waals surface area contributed by atoms with Crippen LogP contribution in [0.4, 0.5) is 0 Å². The Morgan fingerprint density at radius 2 is 1.97 bits per heavy atom. The van der Waals surface area contributed by atoms with Gasteiger partial charge in [-0.3, -0.25) is 9.59 Å². The van der Waals surface area contributed by atoms with Crippen LogP contribution < -0.4 is 10.1 Å². The summed E-state index contributed by atoms with van der Waals surface area (Å²) < 4.78 is 5.90. The molecule has 1 N–H and O–H groups in total. The van der Waals surface area contributed by atoms with Gasteiger partial charge in [-0.15, -0.1) is 0 Å². The Labute approximate surface area is 188 Å². The monoisotopic (exact) mass is 431 g/mol. The van der Waals surface area contributed by atoms with Crippen molar-refractivity contribution in [2.24, 2.45) is 0 Å². The maximum atomic E-state index is 12.7. The molecule has 0 unspecified atom stereocenters. The molecule has 1 saturated heterocycles. The van der Waals surface area contributed by atoms with Gasteiger partial charge in [0.1, 0.15) is 5.75 Å². The molecule has 2 heterocycles. The fourth-order valence-corrected chi connectivity index (χ4v) is 4.00. The van der Waals surface area contributed by atoms with Crippen molar-refractivity contribution in [3.05, 3.63) is 59.7 Å². The topological polar surface area (TPSA) is 71.5 Å². The first-order chi connectivity index (χ1) is 15.5. The minimum atomic E-state index is -0.135. The van der Waals surface area contributed by atoms with Crippen LogP contribution in [-0.2, 0) is 4.79 Å². The van der Waals surface area contributed by atoms with Crippen molar-refractivity contribution in [1.29, 1.82) is 0 Å². The summed E-state index contributed by atoms with van der Waals surface area (Å²) in [5, 5.41) is 3.78. The molecule has 6 heteroatoms. The maximum absolute atomic E-state index is 12.7. The van der Waals surface area contributed by atoms with Gasteiger partial charge in [-0.25, -0.2) is 4.98 Å². The lowest BCUT2D eigenvalue weighted by atomic mass is 10.1. The molecule has 2 amide bonds. The number of fused-ring (bicyclic) bond motifs is 1. The van der Waals surface area contributed by atoms with Crippen molar-refractivity contribution < 1.29 is 14.3 Å². The van der Waals surface area contributed by atoms with Gasteiger partial charge in [0, 0.05) is 48.6 Å². The molecular weight excluding hydrogens is 402 g/mol. The number of likely N-dealkylation sites (tertiary alicyclic amines) is 1. The van der Waals surface area contributed by atoms with E-state index in [0.29, 0.717) is 31.7 Å². The molecule has 0 atom stereocenters. The number of hydrogen-bond donors (Lipinski definition) is 1. The van der Waals surface area contributed by atoms with E-state index < -0.39 is 0 Å². The van der Waals surface area contributed by atoms with Crippen LogP contribution in [-0.4, -0.2) is 47.9 Å². The first-order valence-electron chi connectivity index (χ1n) is 11.3. The number of amides is 2. The lowest BCUT2D eigenvalue weighted by Crippen LogP contribution is -2.30. The van der Waals surface area contributed by atoms with E-state index in [1.807, 2.05) is 30.0 Å². The van der Waals surface area contributed by atoms with E-state index in [2.05, 4.69) is 36.5 Å². The van der Waals surface area contributed by atoms with Crippen LogP contribution >= 0.6 is 0 Å². The fraction of sp³-hybridized carbons (Fsp3) is 0.346. The van der Waals surface area contributed by atoms with Gasteiger partial charge in [0.2, 0.25) is 5.91 Å². The van der Waals surface area contributed by atoms with Crippen LogP contribution in [0.15, 0.2) is 48.5 Å². The first kappa shape index (κ1) is 21.8. The van der Waals surface area contributed by atoms with Gasteiger partial charge in [-0.1, -0.05) is 29.8 Å². The Balaban J connectivity index is 1.50. The van der Waals surface area contributed by atoms with Crippen molar-refractivity contribution in [2.75, 3.05) is 26.2 Å². The van der Waals surface area contributed by atoms with E-state index in [9.17, 15) is 9.59 Å². The molecule has 0 bridgehead atoms. The van der Waals surface area contributed by atoms with Crippen molar-refractivity contribution in [1.82, 2.24) is 15.2 Å². The van der Waals surface area contributed by atoms with Crippen LogP contribution in [0.1, 0.15) is 42.1 Å². The third kappa shape index (κ3) is 4.90. The minimum absolute atomic E-state index is 0.135. The molecule has 1 aromatic heterocycles. The van der Waals surface area contributed by atoms with Gasteiger partial charge in [-0.05, 0) is 44.9 Å². The number of aromatic nitrogens is 1. The van der Waals surface area contributed by atoms with Crippen molar-refractivity contribution in [3.63, 3.8) is 0 Å². The quantitative estimate of drug-likeness (QED) is 0.538. The molecular formula is C26H29N3O3. The predicted molar refractivity (Wildman–Crippen MR) is 126 cm³/mol. The van der Waals surface area contributed by atoms with E-state index >= 15 is 0 Å². The molecule has 32 heavy (non-hydrogen) atoms. The van der Waals surface area contributed by atoms with E-state index in [1.54, 1.807) is 6.07 Å². The van der Waals surface area contributed by atoms with Crippen LogP contribution in [0, 0.1) is 6.92 Å². The van der Waals surface area contributed by atoms with E-state index in [-0.39, 0.29) is 11.8 Å². The summed E-state index contributed by atoms with van der Waals surface area (Å²) in [6.07, 6.45) is 2.33. The lowest BCUT2D eigenvalue weighted by molar-refractivity contribution is -0.127. The summed E-state index contributed by atoms with van der Waals surface area (Å²) in [7, 11) is 0. The molecule has 3 aromatic rings. The second-order valence-electron chi connectivity index (χ2n) is 8.13. The van der Waals surface area contributed by atoms with Gasteiger partial charge in [0.15, 0.2) is 0 Å². The van der Waals surface area contributed by atoms with Crippen LogP contribution in [0.5, 0.6) is 5.75 Å². The number of nitrogens with one attached hydrogen (secondary N) is 1. The highest BCUT2D eigenvalue weighted by molar-refractivity contribution is 5.99. The Hall–Kier alpha value is -3.41. The van der Waals surface area contributed by atoms with Gasteiger partial charge in [0.25, 0.3) is 5.91 Å². The summed E-state index contributed by atoms with van der Waals surface area (Å²) >= 11 is 0. The van der Waals surface area contributed by atoms with Crippen molar-refractivity contribution in [2.45, 2.75) is 33.1 Å². The second kappa shape index (κ2) is 9.81.